The van der Waals surface area contributed by atoms with E-state index < -0.39 is 18.2 Å². The number of ether oxygens (including phenoxy) is 1. The SMILES string of the molecule is CC1(C)C=Cc2c(cc(CO)c(C(=O)O)c2O)O1. The summed E-state index contributed by atoms with van der Waals surface area (Å²) in [5.41, 5.74) is -0.366. The summed E-state index contributed by atoms with van der Waals surface area (Å²) in [6.45, 7) is 3.20. The van der Waals surface area contributed by atoms with Crippen molar-refractivity contribution in [1.29, 1.82) is 0 Å². The van der Waals surface area contributed by atoms with Crippen molar-refractivity contribution < 1.29 is 24.9 Å². The molecule has 1 aromatic rings. The Bertz CT molecular complexity index is 543. The number of aliphatic hydroxyl groups is 1. The topological polar surface area (TPSA) is 87.0 Å². The zero-order valence-electron chi connectivity index (χ0n) is 10.1. The van der Waals surface area contributed by atoms with Crippen LogP contribution in [0.1, 0.15) is 35.3 Å². The fraction of sp³-hybridized carbons (Fsp3) is 0.308. The van der Waals surface area contributed by atoms with Gasteiger partial charge in [-0.3, -0.25) is 0 Å². The monoisotopic (exact) mass is 250 g/mol. The van der Waals surface area contributed by atoms with E-state index in [9.17, 15) is 15.0 Å². The molecule has 5 nitrogen and oxygen atoms in total. The molecule has 0 bridgehead atoms. The minimum absolute atomic E-state index is 0.129. The fourth-order valence-electron chi connectivity index (χ4n) is 1.92. The molecule has 1 aromatic carbocycles. The quantitative estimate of drug-likeness (QED) is 0.744. The van der Waals surface area contributed by atoms with Gasteiger partial charge in [-0.15, -0.1) is 0 Å². The molecule has 0 atom stereocenters. The molecule has 0 aromatic heterocycles. The van der Waals surface area contributed by atoms with E-state index in [0.29, 0.717) is 11.3 Å². The van der Waals surface area contributed by atoms with Gasteiger partial charge >= 0.3 is 5.97 Å². The number of aliphatic hydroxyl groups excluding tert-OH is 1. The molecule has 2 rings (SSSR count). The van der Waals surface area contributed by atoms with Crippen LogP contribution in [-0.4, -0.2) is 26.9 Å². The highest BCUT2D eigenvalue weighted by atomic mass is 16.5. The molecule has 96 valence electrons. The Hall–Kier alpha value is -2.01. The van der Waals surface area contributed by atoms with Gasteiger partial charge in [-0.05, 0) is 37.6 Å². The van der Waals surface area contributed by atoms with E-state index >= 15 is 0 Å². The van der Waals surface area contributed by atoms with Crippen molar-refractivity contribution in [2.45, 2.75) is 26.1 Å². The van der Waals surface area contributed by atoms with Crippen LogP contribution in [-0.2, 0) is 6.61 Å². The molecule has 5 heteroatoms. The van der Waals surface area contributed by atoms with Crippen LogP contribution in [0.3, 0.4) is 0 Å². The Morgan fingerprint density at radius 3 is 2.67 bits per heavy atom. The molecule has 0 saturated carbocycles. The number of aromatic hydroxyl groups is 1. The first-order valence-corrected chi connectivity index (χ1v) is 5.47. The Balaban J connectivity index is 2.68. The minimum Gasteiger partial charge on any atom is -0.506 e. The third kappa shape index (κ3) is 1.93. The highest BCUT2D eigenvalue weighted by molar-refractivity contribution is 5.95. The summed E-state index contributed by atoms with van der Waals surface area (Å²) < 4.78 is 5.63. The van der Waals surface area contributed by atoms with Crippen molar-refractivity contribution >= 4 is 12.0 Å². The molecule has 0 amide bonds. The van der Waals surface area contributed by atoms with E-state index in [0.717, 1.165) is 0 Å². The summed E-state index contributed by atoms with van der Waals surface area (Å²) in [6.07, 6.45) is 3.36. The molecule has 0 aliphatic carbocycles. The third-order valence-electron chi connectivity index (χ3n) is 2.79. The smallest absolute Gasteiger partial charge is 0.339 e. The van der Waals surface area contributed by atoms with E-state index in [1.54, 1.807) is 12.2 Å². The number of carboxylic acids is 1. The first-order chi connectivity index (χ1) is 8.35. The van der Waals surface area contributed by atoms with Crippen LogP contribution in [0.5, 0.6) is 11.5 Å². The molecule has 0 spiro atoms. The zero-order valence-corrected chi connectivity index (χ0v) is 10.1. The third-order valence-corrected chi connectivity index (χ3v) is 2.79. The van der Waals surface area contributed by atoms with Crippen molar-refractivity contribution in [2.75, 3.05) is 0 Å². The second-order valence-corrected chi connectivity index (χ2v) is 4.67. The highest BCUT2D eigenvalue weighted by Gasteiger charge is 2.28. The summed E-state index contributed by atoms with van der Waals surface area (Å²) in [5.74, 6) is -1.29. The predicted molar refractivity (Wildman–Crippen MR) is 64.7 cm³/mol. The van der Waals surface area contributed by atoms with Gasteiger partial charge in [0, 0.05) is 0 Å². The average molecular weight is 250 g/mol. The van der Waals surface area contributed by atoms with E-state index in [4.69, 9.17) is 9.84 Å². The maximum Gasteiger partial charge on any atom is 0.339 e. The number of carboxylic acid groups (broad SMARTS) is 1. The van der Waals surface area contributed by atoms with Crippen LogP contribution in [0.4, 0.5) is 0 Å². The van der Waals surface area contributed by atoms with Crippen molar-refractivity contribution in [2.24, 2.45) is 0 Å². The second kappa shape index (κ2) is 4.03. The number of carbonyl (C=O) groups is 1. The lowest BCUT2D eigenvalue weighted by atomic mass is 9.96. The largest absolute Gasteiger partial charge is 0.506 e. The van der Waals surface area contributed by atoms with Crippen LogP contribution in [0, 0.1) is 0 Å². The van der Waals surface area contributed by atoms with Crippen molar-refractivity contribution in [3.63, 3.8) is 0 Å². The molecular weight excluding hydrogens is 236 g/mol. The summed E-state index contributed by atoms with van der Waals surface area (Å²) >= 11 is 0. The molecular formula is C13H14O5. The van der Waals surface area contributed by atoms with Crippen molar-refractivity contribution in [1.82, 2.24) is 0 Å². The Morgan fingerprint density at radius 2 is 2.11 bits per heavy atom. The summed E-state index contributed by atoms with van der Waals surface area (Å²) in [5, 5.41) is 28.2. The zero-order chi connectivity index (χ0) is 13.5. The molecule has 1 aliphatic rings. The molecule has 1 aliphatic heterocycles. The molecule has 0 radical (unpaired) electrons. The standard InChI is InChI=1S/C13H14O5/c1-13(2)4-3-8-9(18-13)5-7(6-14)10(11(8)15)12(16)17/h3-5,14-15H,6H2,1-2H3,(H,16,17). The number of phenols is 1. The summed E-state index contributed by atoms with van der Waals surface area (Å²) in [7, 11) is 0. The number of rotatable bonds is 2. The van der Waals surface area contributed by atoms with Crippen LogP contribution in [0.25, 0.3) is 6.08 Å². The molecule has 3 N–H and O–H groups in total. The first-order valence-electron chi connectivity index (χ1n) is 5.47. The molecule has 1 heterocycles. The van der Waals surface area contributed by atoms with E-state index in [2.05, 4.69) is 0 Å². The van der Waals surface area contributed by atoms with Gasteiger partial charge in [0.1, 0.15) is 22.7 Å². The van der Waals surface area contributed by atoms with Gasteiger partial charge in [0.25, 0.3) is 0 Å². The summed E-state index contributed by atoms with van der Waals surface area (Å²) in [4.78, 5) is 11.1. The number of hydrogen-bond donors (Lipinski definition) is 3. The fourth-order valence-corrected chi connectivity index (χ4v) is 1.92. The lowest BCUT2D eigenvalue weighted by molar-refractivity contribution is 0.0689. The maximum absolute atomic E-state index is 11.1. The molecule has 0 unspecified atom stereocenters. The lowest BCUT2D eigenvalue weighted by Gasteiger charge is -2.29. The van der Waals surface area contributed by atoms with Gasteiger partial charge in [0.15, 0.2) is 0 Å². The molecule has 18 heavy (non-hydrogen) atoms. The summed E-state index contributed by atoms with van der Waals surface area (Å²) in [6, 6.07) is 1.45. The van der Waals surface area contributed by atoms with Crippen LogP contribution in [0.2, 0.25) is 0 Å². The van der Waals surface area contributed by atoms with Gasteiger partial charge < -0.3 is 20.1 Å². The van der Waals surface area contributed by atoms with Crippen LogP contribution < -0.4 is 4.74 Å². The maximum atomic E-state index is 11.1. The van der Waals surface area contributed by atoms with E-state index in [-0.39, 0.29) is 16.9 Å². The molecule has 0 fully saturated rings. The normalized spacial score (nSPS) is 15.9. The average Bonchev–Trinajstić information content (AvgIpc) is 2.26. The van der Waals surface area contributed by atoms with Crippen molar-refractivity contribution in [3.05, 3.63) is 28.8 Å². The number of aromatic carboxylic acids is 1. The predicted octanol–water partition coefficient (Wildman–Crippen LogP) is 1.77. The van der Waals surface area contributed by atoms with Crippen LogP contribution >= 0.6 is 0 Å². The number of hydrogen-bond acceptors (Lipinski definition) is 4. The Labute approximate surface area is 104 Å². The van der Waals surface area contributed by atoms with Crippen LogP contribution in [0.15, 0.2) is 12.1 Å². The van der Waals surface area contributed by atoms with Gasteiger partial charge in [0.2, 0.25) is 0 Å². The van der Waals surface area contributed by atoms with E-state index in [1.165, 1.54) is 6.07 Å². The first kappa shape index (κ1) is 12.4. The Kier molecular flexibility index (Phi) is 2.78. The highest BCUT2D eigenvalue weighted by Crippen LogP contribution is 2.40. The minimum atomic E-state index is -1.28. The second-order valence-electron chi connectivity index (χ2n) is 4.67. The molecule has 0 saturated heterocycles. The number of fused-ring (bicyclic) bond motifs is 1. The van der Waals surface area contributed by atoms with Gasteiger partial charge in [-0.1, -0.05) is 0 Å². The number of benzene rings is 1. The van der Waals surface area contributed by atoms with Gasteiger partial charge in [-0.2, -0.15) is 0 Å². The van der Waals surface area contributed by atoms with Gasteiger partial charge in [-0.25, -0.2) is 4.79 Å². The van der Waals surface area contributed by atoms with E-state index in [1.807, 2.05) is 13.8 Å². The van der Waals surface area contributed by atoms with Crippen molar-refractivity contribution in [3.8, 4) is 11.5 Å². The van der Waals surface area contributed by atoms with Gasteiger partial charge in [0.05, 0.1) is 12.2 Å². The Morgan fingerprint density at radius 1 is 1.44 bits per heavy atom. The lowest BCUT2D eigenvalue weighted by Crippen LogP contribution is -2.27.